The maximum absolute atomic E-state index is 12.9. The Morgan fingerprint density at radius 2 is 1.19 bits per heavy atom. The van der Waals surface area contributed by atoms with Gasteiger partial charge >= 0.3 is 22.3 Å². The summed E-state index contributed by atoms with van der Waals surface area (Å²) in [5, 5.41) is 9.90. The van der Waals surface area contributed by atoms with E-state index in [2.05, 4.69) is 19.1 Å². The minimum Gasteiger partial charge on any atom is -0.455 e. The number of hydrogen-bond acceptors (Lipinski definition) is 10. The van der Waals surface area contributed by atoms with Gasteiger partial charge in [0.15, 0.2) is 18.5 Å². The Labute approximate surface area is 288 Å². The predicted molar refractivity (Wildman–Crippen MR) is 182 cm³/mol. The minimum atomic E-state index is -5.06. The zero-order valence-corrected chi connectivity index (χ0v) is 29.9. The molecule has 0 unspecified atom stereocenters. The highest BCUT2D eigenvalue weighted by Gasteiger charge is 2.52. The molecule has 2 rings (SSSR count). The van der Waals surface area contributed by atoms with Crippen LogP contribution in [0.2, 0.25) is 0 Å². The van der Waals surface area contributed by atoms with Crippen molar-refractivity contribution in [1.29, 1.82) is 0 Å². The highest BCUT2D eigenvalue weighted by molar-refractivity contribution is 7.80. The van der Waals surface area contributed by atoms with E-state index in [1.807, 2.05) is 18.2 Å². The summed E-state index contributed by atoms with van der Waals surface area (Å²) in [5.41, 5.74) is 1.32. The molecule has 48 heavy (non-hydrogen) atoms. The number of unbranched alkanes of at least 4 members (excludes halogenated alkanes) is 15. The summed E-state index contributed by atoms with van der Waals surface area (Å²) in [4.78, 5) is 25.8. The molecule has 1 heterocycles. The van der Waals surface area contributed by atoms with Crippen LogP contribution in [-0.4, -0.2) is 74.4 Å². The summed E-state index contributed by atoms with van der Waals surface area (Å²) >= 11 is 0. The fraction of sp³-hybridized carbons (Fsp3) is 0.778. The van der Waals surface area contributed by atoms with Crippen LogP contribution in [-0.2, 0) is 49.5 Å². The largest absolute Gasteiger partial charge is 0.455 e. The number of aliphatic hydroxyl groups is 1. The molecule has 0 aliphatic carbocycles. The first-order valence-electron chi connectivity index (χ1n) is 18.1. The molecule has 0 aromatic heterocycles. The van der Waals surface area contributed by atoms with E-state index in [-0.39, 0.29) is 12.8 Å². The zero-order valence-electron chi connectivity index (χ0n) is 29.1. The number of esters is 2. The van der Waals surface area contributed by atoms with E-state index in [0.717, 1.165) is 57.8 Å². The van der Waals surface area contributed by atoms with Gasteiger partial charge in [0.25, 0.3) is 0 Å². The standard InChI is InChI=1S/C36H60O11S/c1-3-4-5-6-7-8-9-10-11-15-22-27-32(39)46-35-34(33(47-48(40,41)42)30(28-37)44-36(35)43-2)45-31(38)26-21-16-13-12-14-18-23-29-24-19-17-20-25-29/h17,19-20,24-25,30,33-37H,3-16,18,21-23,26-28H2,1-2H3,(H,40,41,42)/t30-,33-,34+,35-,36+/m1/s1. The van der Waals surface area contributed by atoms with Crippen molar-refractivity contribution in [3.63, 3.8) is 0 Å². The Bertz CT molecular complexity index is 1100. The molecular formula is C36H60O11S. The molecule has 0 amide bonds. The Morgan fingerprint density at radius 1 is 0.708 bits per heavy atom. The van der Waals surface area contributed by atoms with E-state index in [1.165, 1.54) is 57.6 Å². The highest BCUT2D eigenvalue weighted by atomic mass is 32.3. The van der Waals surface area contributed by atoms with Crippen molar-refractivity contribution in [2.75, 3.05) is 13.7 Å². The third-order valence-electron chi connectivity index (χ3n) is 8.69. The van der Waals surface area contributed by atoms with Gasteiger partial charge in [-0.25, -0.2) is 4.18 Å². The minimum absolute atomic E-state index is 0.0425. The van der Waals surface area contributed by atoms with E-state index in [4.69, 9.17) is 23.1 Å². The van der Waals surface area contributed by atoms with Gasteiger partial charge in [-0.1, -0.05) is 127 Å². The molecule has 1 aliphatic heterocycles. The van der Waals surface area contributed by atoms with Crippen LogP contribution in [0.25, 0.3) is 0 Å². The molecule has 1 fully saturated rings. The van der Waals surface area contributed by atoms with Crippen molar-refractivity contribution < 1.29 is 50.8 Å². The fourth-order valence-electron chi connectivity index (χ4n) is 6.04. The average Bonchev–Trinajstić information content (AvgIpc) is 3.06. The van der Waals surface area contributed by atoms with Crippen molar-refractivity contribution in [1.82, 2.24) is 0 Å². The Balaban J connectivity index is 1.86. The molecule has 1 aliphatic rings. The van der Waals surface area contributed by atoms with Gasteiger partial charge in [-0.15, -0.1) is 0 Å². The van der Waals surface area contributed by atoms with E-state index in [9.17, 15) is 27.7 Å². The van der Waals surface area contributed by atoms with Gasteiger partial charge in [-0.3, -0.25) is 14.1 Å². The molecule has 12 heteroatoms. The number of ether oxygens (including phenoxy) is 4. The van der Waals surface area contributed by atoms with Gasteiger partial charge in [0, 0.05) is 20.0 Å². The number of hydrogen-bond donors (Lipinski definition) is 2. The fourth-order valence-corrected chi connectivity index (χ4v) is 6.55. The van der Waals surface area contributed by atoms with Crippen LogP contribution < -0.4 is 0 Å². The predicted octanol–water partition coefficient (Wildman–Crippen LogP) is 7.04. The normalized spacial score (nSPS) is 21.2. The Kier molecular flexibility index (Phi) is 21.9. The topological polar surface area (TPSA) is 155 Å². The van der Waals surface area contributed by atoms with Crippen molar-refractivity contribution in [3.8, 4) is 0 Å². The summed E-state index contributed by atoms with van der Waals surface area (Å²) in [7, 11) is -3.77. The number of aryl methyl sites for hydroxylation is 1. The lowest BCUT2D eigenvalue weighted by Crippen LogP contribution is -2.62. The van der Waals surface area contributed by atoms with Crippen molar-refractivity contribution in [3.05, 3.63) is 35.9 Å². The molecule has 0 bridgehead atoms. The maximum atomic E-state index is 12.9. The van der Waals surface area contributed by atoms with Crippen LogP contribution in [0, 0.1) is 0 Å². The van der Waals surface area contributed by atoms with Crippen molar-refractivity contribution in [2.45, 2.75) is 166 Å². The Hall–Kier alpha value is -2.09. The van der Waals surface area contributed by atoms with Crippen LogP contribution >= 0.6 is 0 Å². The lowest BCUT2D eigenvalue weighted by atomic mass is 9.98. The molecule has 2 N–H and O–H groups in total. The first-order valence-corrected chi connectivity index (χ1v) is 19.4. The van der Waals surface area contributed by atoms with E-state index in [1.54, 1.807) is 0 Å². The average molecular weight is 701 g/mol. The van der Waals surface area contributed by atoms with Crippen LogP contribution in [0.1, 0.15) is 134 Å². The van der Waals surface area contributed by atoms with Crippen molar-refractivity contribution in [2.24, 2.45) is 0 Å². The van der Waals surface area contributed by atoms with Crippen molar-refractivity contribution >= 4 is 22.3 Å². The highest BCUT2D eigenvalue weighted by Crippen LogP contribution is 2.30. The second-order valence-electron chi connectivity index (χ2n) is 12.8. The molecule has 1 aromatic rings. The van der Waals surface area contributed by atoms with Crippen LogP contribution in [0.3, 0.4) is 0 Å². The number of rotatable bonds is 27. The third-order valence-corrected chi connectivity index (χ3v) is 9.16. The molecule has 1 saturated heterocycles. The van der Waals surface area contributed by atoms with E-state index in [0.29, 0.717) is 12.8 Å². The Morgan fingerprint density at radius 3 is 1.67 bits per heavy atom. The summed E-state index contributed by atoms with van der Waals surface area (Å²) in [6.07, 6.45) is 11.8. The molecule has 276 valence electrons. The van der Waals surface area contributed by atoms with Gasteiger partial charge in [0.1, 0.15) is 12.2 Å². The van der Waals surface area contributed by atoms with Crippen LogP contribution in [0.5, 0.6) is 0 Å². The number of methoxy groups -OCH3 is 1. The van der Waals surface area contributed by atoms with Gasteiger partial charge in [-0.2, -0.15) is 8.42 Å². The summed E-state index contributed by atoms with van der Waals surface area (Å²) < 4.78 is 59.9. The zero-order chi connectivity index (χ0) is 35.0. The number of benzene rings is 1. The first-order chi connectivity index (χ1) is 23.2. The van der Waals surface area contributed by atoms with Gasteiger partial charge in [0.05, 0.1) is 6.61 Å². The molecule has 1 aromatic carbocycles. The lowest BCUT2D eigenvalue weighted by Gasteiger charge is -2.43. The van der Waals surface area contributed by atoms with Crippen LogP contribution in [0.4, 0.5) is 0 Å². The first kappa shape index (κ1) is 42.1. The third kappa shape index (κ3) is 18.1. The maximum Gasteiger partial charge on any atom is 0.397 e. The summed E-state index contributed by atoms with van der Waals surface area (Å²) in [5.74, 6) is -1.25. The van der Waals surface area contributed by atoms with Gasteiger partial charge in [-0.05, 0) is 31.2 Å². The van der Waals surface area contributed by atoms with Gasteiger partial charge in [0.2, 0.25) is 0 Å². The molecule has 0 spiro atoms. The molecule has 5 atom stereocenters. The number of carbonyl (C=O) groups excluding carboxylic acids is 2. The second-order valence-corrected chi connectivity index (χ2v) is 13.8. The number of carbonyl (C=O) groups is 2. The lowest BCUT2D eigenvalue weighted by molar-refractivity contribution is -0.296. The smallest absolute Gasteiger partial charge is 0.397 e. The summed E-state index contributed by atoms with van der Waals surface area (Å²) in [6, 6.07) is 10.3. The quantitative estimate of drug-likeness (QED) is 0.0552. The second kappa shape index (κ2) is 25.0. The molecule has 0 radical (unpaired) electrons. The summed E-state index contributed by atoms with van der Waals surface area (Å²) in [6.45, 7) is 1.47. The van der Waals surface area contributed by atoms with E-state index >= 15 is 0 Å². The number of aliphatic hydroxyl groups excluding tert-OH is 1. The monoisotopic (exact) mass is 700 g/mol. The van der Waals surface area contributed by atoms with Gasteiger partial charge < -0.3 is 24.1 Å². The molecule has 11 nitrogen and oxygen atoms in total. The molecular weight excluding hydrogens is 640 g/mol. The van der Waals surface area contributed by atoms with Crippen LogP contribution in [0.15, 0.2) is 30.3 Å². The van der Waals surface area contributed by atoms with E-state index < -0.39 is 59.7 Å². The SMILES string of the molecule is CCCCCCCCCCCCCC(=O)O[C@H]1[C@@H](OC)O[C@H](CO)[C@@H](OS(=O)(=O)O)[C@@H]1OC(=O)CCCCCCCCc1ccccc1. The molecule has 0 saturated carbocycles.